The topological polar surface area (TPSA) is 92.9 Å². The lowest BCUT2D eigenvalue weighted by atomic mass is 9.97. The second kappa shape index (κ2) is 11.4. The molecule has 1 saturated heterocycles. The van der Waals surface area contributed by atoms with Gasteiger partial charge in [0.25, 0.3) is 0 Å². The second-order valence-corrected chi connectivity index (χ2v) is 7.71. The Balaban J connectivity index is 0.00000114. The van der Waals surface area contributed by atoms with E-state index in [2.05, 4.69) is 12.3 Å². The average molecular weight is 443 g/mol. The number of carboxylic acids is 1. The van der Waals surface area contributed by atoms with E-state index in [-0.39, 0.29) is 18.6 Å². The Labute approximate surface area is 188 Å². The minimum atomic E-state index is -0.902. The summed E-state index contributed by atoms with van der Waals surface area (Å²) in [5.41, 5.74) is 6.52. The van der Waals surface area contributed by atoms with Crippen LogP contribution in [-0.4, -0.2) is 47.2 Å². The number of nitrogens with zero attached hydrogens (tertiary/aromatic N) is 1. The number of amides is 1. The molecule has 1 aliphatic heterocycles. The molecule has 7 heteroatoms. The van der Waals surface area contributed by atoms with E-state index in [1.165, 1.54) is 6.07 Å². The molecule has 2 aromatic rings. The Bertz CT molecular complexity index is 935. The van der Waals surface area contributed by atoms with Crippen molar-refractivity contribution in [2.45, 2.75) is 44.8 Å². The van der Waals surface area contributed by atoms with Gasteiger partial charge in [-0.25, -0.2) is 9.18 Å². The first-order valence-electron chi connectivity index (χ1n) is 10.6. The third kappa shape index (κ3) is 5.95. The van der Waals surface area contributed by atoms with Gasteiger partial charge in [0.15, 0.2) is 0 Å². The van der Waals surface area contributed by atoms with Crippen molar-refractivity contribution < 1.29 is 23.8 Å². The molecule has 3 N–H and O–H groups in total. The van der Waals surface area contributed by atoms with Gasteiger partial charge in [0.05, 0.1) is 5.60 Å². The number of carbonyl (C=O) groups excluding carboxylic acids is 1. The number of halogens is 1. The molecule has 1 heterocycles. The Morgan fingerprint density at radius 3 is 2.47 bits per heavy atom. The molecule has 3 rings (SSSR count). The highest BCUT2D eigenvalue weighted by molar-refractivity contribution is 5.74. The second-order valence-electron chi connectivity index (χ2n) is 7.71. The number of primary amides is 1. The molecule has 0 bridgehead atoms. The molecular formula is C25H31FN2O4. The van der Waals surface area contributed by atoms with E-state index in [9.17, 15) is 14.3 Å². The van der Waals surface area contributed by atoms with Gasteiger partial charge in [-0.15, -0.1) is 0 Å². The number of allylic oxidation sites excluding steroid dienone is 1. The zero-order valence-corrected chi connectivity index (χ0v) is 18.6. The van der Waals surface area contributed by atoms with Crippen LogP contribution >= 0.6 is 0 Å². The fraction of sp³-hybridized carbons (Fsp3) is 0.360. The third-order valence-corrected chi connectivity index (χ3v) is 5.74. The van der Waals surface area contributed by atoms with Crippen LogP contribution < -0.4 is 5.73 Å². The molecule has 32 heavy (non-hydrogen) atoms. The van der Waals surface area contributed by atoms with Crippen molar-refractivity contribution in [3.63, 3.8) is 0 Å². The Morgan fingerprint density at radius 2 is 1.94 bits per heavy atom. The molecular weight excluding hydrogens is 411 g/mol. The largest absolute Gasteiger partial charge is 0.480 e. The number of carbonyl (C=O) groups is 2. The Morgan fingerprint density at radius 1 is 1.28 bits per heavy atom. The quantitative estimate of drug-likeness (QED) is 0.603. The smallest absolute Gasteiger partial charge is 0.326 e. The van der Waals surface area contributed by atoms with E-state index in [1.807, 2.05) is 50.2 Å². The first-order chi connectivity index (χ1) is 15.3. The molecule has 2 aromatic carbocycles. The molecule has 2 unspecified atom stereocenters. The van der Waals surface area contributed by atoms with E-state index >= 15 is 0 Å². The zero-order valence-electron chi connectivity index (χ0n) is 18.6. The average Bonchev–Trinajstić information content (AvgIpc) is 3.17. The lowest BCUT2D eigenvalue weighted by molar-refractivity contribution is -0.141. The first-order valence-corrected chi connectivity index (χ1v) is 10.6. The van der Waals surface area contributed by atoms with Crippen LogP contribution in [0.2, 0.25) is 0 Å². The highest BCUT2D eigenvalue weighted by Gasteiger charge is 2.47. The van der Waals surface area contributed by atoms with Crippen molar-refractivity contribution in [2.75, 3.05) is 13.2 Å². The predicted octanol–water partition coefficient (Wildman–Crippen LogP) is 3.99. The van der Waals surface area contributed by atoms with E-state index in [0.717, 1.165) is 11.1 Å². The summed E-state index contributed by atoms with van der Waals surface area (Å²) in [5.74, 6) is -1.22. The summed E-state index contributed by atoms with van der Waals surface area (Å²) in [4.78, 5) is 22.2. The summed E-state index contributed by atoms with van der Waals surface area (Å²) < 4.78 is 20.7. The van der Waals surface area contributed by atoms with Crippen molar-refractivity contribution in [3.8, 4) is 11.1 Å². The highest BCUT2D eigenvalue weighted by Crippen LogP contribution is 2.36. The summed E-state index contributed by atoms with van der Waals surface area (Å²) in [6, 6.07) is 14.1. The molecule has 0 radical (unpaired) electrons. The number of hydrogen-bond acceptors (Lipinski definition) is 4. The van der Waals surface area contributed by atoms with Crippen LogP contribution in [0.1, 0.15) is 32.3 Å². The maximum Gasteiger partial charge on any atom is 0.326 e. The molecule has 6 nitrogen and oxygen atoms in total. The maximum absolute atomic E-state index is 14.8. The first kappa shape index (κ1) is 25.1. The van der Waals surface area contributed by atoms with Gasteiger partial charge in [0.1, 0.15) is 11.9 Å². The molecule has 172 valence electrons. The highest BCUT2D eigenvalue weighted by atomic mass is 19.1. The molecule has 0 aliphatic carbocycles. The van der Waals surface area contributed by atoms with Gasteiger partial charge in [-0.3, -0.25) is 4.79 Å². The third-order valence-electron chi connectivity index (χ3n) is 5.74. The van der Waals surface area contributed by atoms with Crippen molar-refractivity contribution >= 4 is 12.4 Å². The number of hydrogen-bond donors (Lipinski definition) is 2. The van der Waals surface area contributed by atoms with Gasteiger partial charge in [-0.05, 0) is 36.1 Å². The molecule has 2 atom stereocenters. The van der Waals surface area contributed by atoms with E-state index < -0.39 is 17.6 Å². The normalized spacial score (nSPS) is 19.7. The Kier molecular flexibility index (Phi) is 8.96. The lowest BCUT2D eigenvalue weighted by Crippen LogP contribution is -2.37. The summed E-state index contributed by atoms with van der Waals surface area (Å²) in [6.07, 6.45) is 1.63. The minimum absolute atomic E-state index is 0.250. The van der Waals surface area contributed by atoms with Gasteiger partial charge in [0, 0.05) is 31.7 Å². The molecule has 0 aromatic heterocycles. The monoisotopic (exact) mass is 442 g/mol. The lowest BCUT2D eigenvalue weighted by Gasteiger charge is -2.29. The van der Waals surface area contributed by atoms with Gasteiger partial charge in [-0.1, -0.05) is 56.0 Å². The van der Waals surface area contributed by atoms with Gasteiger partial charge in [-0.2, -0.15) is 0 Å². The van der Waals surface area contributed by atoms with Crippen LogP contribution in [0.15, 0.2) is 60.8 Å². The van der Waals surface area contributed by atoms with Crippen LogP contribution in [0, 0.1) is 5.82 Å². The van der Waals surface area contributed by atoms with E-state index in [1.54, 1.807) is 11.0 Å². The summed E-state index contributed by atoms with van der Waals surface area (Å²) in [7, 11) is 0. The molecule has 1 fully saturated rings. The van der Waals surface area contributed by atoms with E-state index in [0.29, 0.717) is 37.3 Å². The maximum atomic E-state index is 14.8. The van der Waals surface area contributed by atoms with Crippen molar-refractivity contribution in [1.29, 1.82) is 0 Å². The van der Waals surface area contributed by atoms with Crippen molar-refractivity contribution in [2.24, 2.45) is 5.73 Å². The number of carboxylic acid groups (broad SMARTS) is 1. The number of ether oxygens (including phenoxy) is 1. The predicted molar refractivity (Wildman–Crippen MR) is 122 cm³/mol. The van der Waals surface area contributed by atoms with Gasteiger partial charge >= 0.3 is 5.97 Å². The fourth-order valence-corrected chi connectivity index (χ4v) is 4.09. The number of rotatable bonds is 8. The van der Waals surface area contributed by atoms with Crippen LogP contribution in [-0.2, 0) is 20.7 Å². The van der Waals surface area contributed by atoms with Gasteiger partial charge in [0.2, 0.25) is 6.41 Å². The molecule has 1 amide bonds. The molecule has 0 saturated carbocycles. The van der Waals surface area contributed by atoms with Crippen molar-refractivity contribution in [1.82, 2.24) is 4.90 Å². The van der Waals surface area contributed by atoms with E-state index in [4.69, 9.17) is 9.53 Å². The van der Waals surface area contributed by atoms with Crippen molar-refractivity contribution in [3.05, 3.63) is 72.2 Å². The Hall–Kier alpha value is -3.19. The van der Waals surface area contributed by atoms with Gasteiger partial charge < -0.3 is 20.5 Å². The standard InChI is InChI=1S/C24H28FNO3.CH3NO/c1-4-24(29-5-2)15-22(23(27)28)26(16-24)17(3)13-20-12-11-19(14-21(20)25)18-9-7-6-8-10-18;2-1-3/h6-12,14,22H,3-5,13,15-16H2,1-2H3,(H,27,28);1H,(H2,2,3). The summed E-state index contributed by atoms with van der Waals surface area (Å²) in [5, 5.41) is 9.70. The number of nitrogens with two attached hydrogens (primary N) is 1. The number of benzene rings is 2. The minimum Gasteiger partial charge on any atom is -0.480 e. The number of likely N-dealkylation sites (tertiary alicyclic amines) is 1. The van der Waals surface area contributed by atoms with Crippen LogP contribution in [0.25, 0.3) is 11.1 Å². The van der Waals surface area contributed by atoms with Crippen LogP contribution in [0.4, 0.5) is 4.39 Å². The molecule has 0 spiro atoms. The van der Waals surface area contributed by atoms with Crippen LogP contribution in [0.3, 0.4) is 0 Å². The zero-order chi connectivity index (χ0) is 23.7. The SMILES string of the molecule is C=C(Cc1ccc(-c2ccccc2)cc1F)N1CC(CC)(OCC)CC1C(=O)O.NC=O. The summed E-state index contributed by atoms with van der Waals surface area (Å²) >= 11 is 0. The summed E-state index contributed by atoms with van der Waals surface area (Å²) in [6.45, 7) is 8.98. The molecule has 1 aliphatic rings. The van der Waals surface area contributed by atoms with Crippen LogP contribution in [0.5, 0.6) is 0 Å². The number of aliphatic carboxylic acids is 1. The fourth-order valence-electron chi connectivity index (χ4n) is 4.09.